The van der Waals surface area contributed by atoms with Gasteiger partial charge in [-0.3, -0.25) is 4.79 Å². The van der Waals surface area contributed by atoms with Gasteiger partial charge in [0.05, 0.1) is 18.8 Å². The average Bonchev–Trinajstić information content (AvgIpc) is 3.29. The number of aromatic nitrogens is 3. The molecule has 1 aromatic heterocycles. The number of hydrogen-bond acceptors (Lipinski definition) is 6. The van der Waals surface area contributed by atoms with E-state index in [1.54, 1.807) is 18.3 Å². The number of carbonyl (C=O) groups is 2. The van der Waals surface area contributed by atoms with Gasteiger partial charge in [0.25, 0.3) is 5.91 Å². The highest BCUT2D eigenvalue weighted by molar-refractivity contribution is 5.99. The molecule has 3 N–H and O–H groups in total. The van der Waals surface area contributed by atoms with Crippen molar-refractivity contribution < 1.29 is 19.1 Å². The molecule has 3 rings (SSSR count). The molecule has 0 fully saturated rings. The number of para-hydroxylation sites is 1. The van der Waals surface area contributed by atoms with Gasteiger partial charge in [-0.05, 0) is 50.6 Å². The lowest BCUT2D eigenvalue weighted by atomic mass is 10.1. The number of rotatable bonds is 11. The van der Waals surface area contributed by atoms with Crippen LogP contribution in [0.15, 0.2) is 60.8 Å². The van der Waals surface area contributed by atoms with Gasteiger partial charge >= 0.3 is 6.03 Å². The fourth-order valence-electron chi connectivity index (χ4n) is 3.19. The summed E-state index contributed by atoms with van der Waals surface area (Å²) in [5.41, 5.74) is 2.42. The van der Waals surface area contributed by atoms with Crippen molar-refractivity contribution in [1.82, 2.24) is 20.3 Å². The van der Waals surface area contributed by atoms with Crippen molar-refractivity contribution in [3.05, 3.63) is 72.1 Å². The van der Waals surface area contributed by atoms with Crippen molar-refractivity contribution in [3.63, 3.8) is 0 Å². The normalized spacial score (nSPS) is 11.8. The summed E-state index contributed by atoms with van der Waals surface area (Å²) in [6, 6.07) is 15.8. The van der Waals surface area contributed by atoms with Gasteiger partial charge in [0.2, 0.25) is 0 Å². The molecular formula is C24H30N6O4. The zero-order chi connectivity index (χ0) is 24.3. The largest absolute Gasteiger partial charge is 0.351 e. The second-order valence-corrected chi connectivity index (χ2v) is 7.43. The molecule has 0 radical (unpaired) electrons. The summed E-state index contributed by atoms with van der Waals surface area (Å²) < 4.78 is 12.5. The standard InChI is InChI=1S/C24H30N6O4/c1-4-33-22(34-5-2)16-30-15-21(28-29-30)23(31)25-17(3)18-11-13-20(14-12-18)27-24(32)26-19-9-7-6-8-10-19/h6-15,17,22H,4-5,16H2,1-3H3,(H,25,31)(H2,26,27,32). The van der Waals surface area contributed by atoms with Crippen LogP contribution in [0.1, 0.15) is 42.9 Å². The highest BCUT2D eigenvalue weighted by Crippen LogP contribution is 2.17. The van der Waals surface area contributed by atoms with Gasteiger partial charge in [0.15, 0.2) is 12.0 Å². The van der Waals surface area contributed by atoms with Gasteiger partial charge in [-0.15, -0.1) is 5.10 Å². The highest BCUT2D eigenvalue weighted by atomic mass is 16.7. The van der Waals surface area contributed by atoms with Crippen molar-refractivity contribution in [3.8, 4) is 0 Å². The Morgan fingerprint density at radius 3 is 2.18 bits per heavy atom. The van der Waals surface area contributed by atoms with E-state index in [9.17, 15) is 9.59 Å². The van der Waals surface area contributed by atoms with Gasteiger partial charge < -0.3 is 25.4 Å². The minimum absolute atomic E-state index is 0.203. The van der Waals surface area contributed by atoms with Crippen LogP contribution in [-0.4, -0.2) is 46.4 Å². The summed E-state index contributed by atoms with van der Waals surface area (Å²) in [5.74, 6) is -0.340. The molecule has 0 spiro atoms. The fraction of sp³-hybridized carbons (Fsp3) is 0.333. The van der Waals surface area contributed by atoms with Crippen molar-refractivity contribution in [2.24, 2.45) is 0 Å². The first-order valence-electron chi connectivity index (χ1n) is 11.2. The molecule has 0 saturated heterocycles. The van der Waals surface area contributed by atoms with E-state index in [0.717, 1.165) is 5.56 Å². The molecule has 180 valence electrons. The summed E-state index contributed by atoms with van der Waals surface area (Å²) >= 11 is 0. The first-order valence-corrected chi connectivity index (χ1v) is 11.2. The van der Waals surface area contributed by atoms with Gasteiger partial charge in [0.1, 0.15) is 0 Å². The van der Waals surface area contributed by atoms with Gasteiger partial charge in [-0.25, -0.2) is 9.48 Å². The molecule has 2 aromatic carbocycles. The number of urea groups is 1. The summed E-state index contributed by atoms with van der Waals surface area (Å²) in [6.45, 7) is 6.99. The van der Waals surface area contributed by atoms with Crippen LogP contribution in [0, 0.1) is 0 Å². The van der Waals surface area contributed by atoms with Crippen LogP contribution in [0.5, 0.6) is 0 Å². The molecule has 3 aromatic rings. The number of anilines is 2. The summed E-state index contributed by atoms with van der Waals surface area (Å²) in [5, 5.41) is 16.4. The Morgan fingerprint density at radius 2 is 1.56 bits per heavy atom. The van der Waals surface area contributed by atoms with Crippen LogP contribution in [0.3, 0.4) is 0 Å². The summed E-state index contributed by atoms with van der Waals surface area (Å²) in [7, 11) is 0. The molecule has 1 heterocycles. The van der Waals surface area contributed by atoms with Crippen molar-refractivity contribution >= 4 is 23.3 Å². The third-order valence-electron chi connectivity index (χ3n) is 4.86. The van der Waals surface area contributed by atoms with E-state index in [1.165, 1.54) is 4.68 Å². The highest BCUT2D eigenvalue weighted by Gasteiger charge is 2.17. The molecule has 34 heavy (non-hydrogen) atoms. The van der Waals surface area contributed by atoms with E-state index in [0.29, 0.717) is 31.1 Å². The van der Waals surface area contributed by atoms with E-state index in [-0.39, 0.29) is 23.7 Å². The molecule has 0 aliphatic heterocycles. The van der Waals surface area contributed by atoms with E-state index >= 15 is 0 Å². The first-order chi connectivity index (χ1) is 16.5. The molecular weight excluding hydrogens is 436 g/mol. The van der Waals surface area contributed by atoms with E-state index < -0.39 is 6.29 Å². The summed E-state index contributed by atoms with van der Waals surface area (Å²) in [4.78, 5) is 24.7. The van der Waals surface area contributed by atoms with Gasteiger partial charge in [-0.2, -0.15) is 0 Å². The maximum Gasteiger partial charge on any atom is 0.323 e. The van der Waals surface area contributed by atoms with E-state index in [4.69, 9.17) is 9.47 Å². The zero-order valence-electron chi connectivity index (χ0n) is 19.5. The van der Waals surface area contributed by atoms with E-state index in [1.807, 2.05) is 63.2 Å². The third kappa shape index (κ3) is 7.39. The van der Waals surface area contributed by atoms with Gasteiger partial charge in [-0.1, -0.05) is 35.5 Å². The SMILES string of the molecule is CCOC(Cn1cc(C(=O)NC(C)c2ccc(NC(=O)Nc3ccccc3)cc2)nn1)OCC. The van der Waals surface area contributed by atoms with Crippen LogP contribution in [-0.2, 0) is 16.0 Å². The topological polar surface area (TPSA) is 119 Å². The number of ether oxygens (including phenoxy) is 2. The molecule has 1 atom stereocenters. The number of hydrogen-bond donors (Lipinski definition) is 3. The number of benzene rings is 2. The Bertz CT molecular complexity index is 1050. The molecule has 0 saturated carbocycles. The Balaban J connectivity index is 1.52. The molecule has 1 unspecified atom stereocenters. The Labute approximate surface area is 198 Å². The zero-order valence-corrected chi connectivity index (χ0v) is 19.5. The van der Waals surface area contributed by atoms with Crippen LogP contribution in [0.4, 0.5) is 16.2 Å². The summed E-state index contributed by atoms with van der Waals surface area (Å²) in [6.07, 6.45) is 1.11. The minimum atomic E-state index is -0.451. The second kappa shape index (κ2) is 12.5. The number of nitrogens with zero attached hydrogens (tertiary/aromatic N) is 3. The predicted octanol–water partition coefficient (Wildman–Crippen LogP) is 3.81. The van der Waals surface area contributed by atoms with Gasteiger partial charge in [0, 0.05) is 24.6 Å². The van der Waals surface area contributed by atoms with Crippen molar-refractivity contribution in [2.45, 2.75) is 39.6 Å². The number of nitrogens with one attached hydrogen (secondary N) is 3. The van der Waals surface area contributed by atoms with Crippen LogP contribution in [0.2, 0.25) is 0 Å². The first kappa shape index (κ1) is 24.9. The maximum atomic E-state index is 12.6. The monoisotopic (exact) mass is 466 g/mol. The Kier molecular flexibility index (Phi) is 9.12. The molecule has 10 heteroatoms. The molecule has 0 bridgehead atoms. The molecule has 10 nitrogen and oxygen atoms in total. The Hall–Kier alpha value is -3.76. The quantitative estimate of drug-likeness (QED) is 0.370. The molecule has 3 amide bonds. The predicted molar refractivity (Wildman–Crippen MR) is 128 cm³/mol. The fourth-order valence-corrected chi connectivity index (χ4v) is 3.19. The minimum Gasteiger partial charge on any atom is -0.351 e. The van der Waals surface area contributed by atoms with E-state index in [2.05, 4.69) is 26.3 Å². The Morgan fingerprint density at radius 1 is 0.941 bits per heavy atom. The third-order valence-corrected chi connectivity index (χ3v) is 4.86. The van der Waals surface area contributed by atoms with Crippen molar-refractivity contribution in [1.29, 1.82) is 0 Å². The lowest BCUT2D eigenvalue weighted by molar-refractivity contribution is -0.145. The molecule has 0 aliphatic rings. The molecule has 0 aliphatic carbocycles. The van der Waals surface area contributed by atoms with Crippen LogP contribution in [0.25, 0.3) is 0 Å². The lowest BCUT2D eigenvalue weighted by Crippen LogP contribution is -2.27. The second-order valence-electron chi connectivity index (χ2n) is 7.43. The maximum absolute atomic E-state index is 12.6. The number of carbonyl (C=O) groups excluding carboxylic acids is 2. The smallest absolute Gasteiger partial charge is 0.323 e. The number of amides is 3. The van der Waals surface area contributed by atoms with Crippen LogP contribution < -0.4 is 16.0 Å². The lowest BCUT2D eigenvalue weighted by Gasteiger charge is -2.16. The van der Waals surface area contributed by atoms with Crippen LogP contribution >= 0.6 is 0 Å². The average molecular weight is 467 g/mol. The van der Waals surface area contributed by atoms with Crippen molar-refractivity contribution in [2.75, 3.05) is 23.8 Å².